The van der Waals surface area contributed by atoms with Gasteiger partial charge in [-0.3, -0.25) is 4.79 Å². The lowest BCUT2D eigenvalue weighted by molar-refractivity contribution is 0.0792. The molecule has 0 bridgehead atoms. The van der Waals surface area contributed by atoms with Gasteiger partial charge >= 0.3 is 0 Å². The highest BCUT2D eigenvalue weighted by molar-refractivity contribution is 5.94. The Balaban J connectivity index is 1.84. The van der Waals surface area contributed by atoms with Crippen LogP contribution in [-0.4, -0.2) is 37.0 Å². The fraction of sp³-hybridized carbons (Fsp3) is 0.500. The lowest BCUT2D eigenvalue weighted by Crippen LogP contribution is -2.27. The summed E-state index contributed by atoms with van der Waals surface area (Å²) in [5, 5.41) is 3.29. The number of carbonyl (C=O) groups is 1. The second-order valence-electron chi connectivity index (χ2n) is 4.85. The van der Waals surface area contributed by atoms with E-state index in [4.69, 9.17) is 4.74 Å². The minimum atomic E-state index is 0.152. The fourth-order valence-electron chi connectivity index (χ4n) is 2.55. The summed E-state index contributed by atoms with van der Waals surface area (Å²) in [7, 11) is 0. The molecular formula is C14H18N2O2. The molecule has 0 aromatic heterocycles. The van der Waals surface area contributed by atoms with Crippen LogP contribution in [0.1, 0.15) is 28.8 Å². The largest absolute Gasteiger partial charge is 0.492 e. The zero-order valence-electron chi connectivity index (χ0n) is 10.4. The number of hydrogen-bond acceptors (Lipinski definition) is 3. The van der Waals surface area contributed by atoms with Crippen molar-refractivity contribution in [2.75, 3.05) is 26.2 Å². The van der Waals surface area contributed by atoms with Crippen molar-refractivity contribution in [3.05, 3.63) is 29.3 Å². The summed E-state index contributed by atoms with van der Waals surface area (Å²) in [4.78, 5) is 14.2. The van der Waals surface area contributed by atoms with Crippen molar-refractivity contribution in [3.8, 4) is 5.75 Å². The molecular weight excluding hydrogens is 228 g/mol. The van der Waals surface area contributed by atoms with Crippen LogP contribution < -0.4 is 10.1 Å². The van der Waals surface area contributed by atoms with E-state index >= 15 is 0 Å². The smallest absolute Gasteiger partial charge is 0.253 e. The monoisotopic (exact) mass is 246 g/mol. The van der Waals surface area contributed by atoms with Gasteiger partial charge in [0.15, 0.2) is 0 Å². The van der Waals surface area contributed by atoms with E-state index in [2.05, 4.69) is 5.32 Å². The summed E-state index contributed by atoms with van der Waals surface area (Å²) < 4.78 is 5.62. The van der Waals surface area contributed by atoms with Gasteiger partial charge in [0.05, 0.1) is 0 Å². The Morgan fingerprint density at radius 2 is 2.11 bits per heavy atom. The van der Waals surface area contributed by atoms with Crippen LogP contribution in [0.2, 0.25) is 0 Å². The topological polar surface area (TPSA) is 41.6 Å². The summed E-state index contributed by atoms with van der Waals surface area (Å²) in [6.07, 6.45) is 2.25. The van der Waals surface area contributed by atoms with E-state index in [0.717, 1.165) is 55.9 Å². The Hall–Kier alpha value is -1.55. The van der Waals surface area contributed by atoms with Crippen LogP contribution in [-0.2, 0) is 6.54 Å². The molecule has 0 atom stereocenters. The predicted molar refractivity (Wildman–Crippen MR) is 68.8 cm³/mol. The highest BCUT2D eigenvalue weighted by Crippen LogP contribution is 2.23. The molecule has 0 spiro atoms. The van der Waals surface area contributed by atoms with Crippen molar-refractivity contribution in [1.29, 1.82) is 0 Å². The molecule has 3 rings (SSSR count). The van der Waals surface area contributed by atoms with Gasteiger partial charge in [-0.15, -0.1) is 0 Å². The second-order valence-corrected chi connectivity index (χ2v) is 4.85. The van der Waals surface area contributed by atoms with Crippen LogP contribution in [0.4, 0.5) is 0 Å². The number of carbonyl (C=O) groups excluding carboxylic acids is 1. The van der Waals surface area contributed by atoms with Crippen molar-refractivity contribution >= 4 is 5.91 Å². The molecule has 4 heteroatoms. The quantitative estimate of drug-likeness (QED) is 0.814. The van der Waals surface area contributed by atoms with Gasteiger partial charge in [-0.25, -0.2) is 0 Å². The zero-order valence-corrected chi connectivity index (χ0v) is 10.4. The number of hydrogen-bond donors (Lipinski definition) is 1. The summed E-state index contributed by atoms with van der Waals surface area (Å²) in [6.45, 7) is 4.10. The average molecular weight is 246 g/mol. The molecule has 1 amide bonds. The Kier molecular flexibility index (Phi) is 3.19. The number of rotatable bonds is 1. The molecule has 0 saturated carbocycles. The van der Waals surface area contributed by atoms with Gasteiger partial charge in [0.1, 0.15) is 12.4 Å². The van der Waals surface area contributed by atoms with Gasteiger partial charge in [0.2, 0.25) is 0 Å². The lowest BCUT2D eigenvalue weighted by atomic mass is 10.1. The first-order chi connectivity index (χ1) is 8.84. The van der Waals surface area contributed by atoms with Gasteiger partial charge in [-0.1, -0.05) is 0 Å². The van der Waals surface area contributed by atoms with Crippen molar-refractivity contribution in [2.24, 2.45) is 0 Å². The van der Waals surface area contributed by atoms with E-state index in [9.17, 15) is 4.79 Å². The predicted octanol–water partition coefficient (Wildman–Crippen LogP) is 1.40. The van der Waals surface area contributed by atoms with Crippen molar-refractivity contribution < 1.29 is 9.53 Å². The van der Waals surface area contributed by atoms with Crippen LogP contribution in [0.5, 0.6) is 5.75 Å². The molecule has 0 aliphatic carbocycles. The molecule has 2 aliphatic rings. The third kappa shape index (κ3) is 2.20. The van der Waals surface area contributed by atoms with E-state index in [1.54, 1.807) is 0 Å². The Labute approximate surface area is 107 Å². The number of likely N-dealkylation sites (tertiary alicyclic amines) is 1. The maximum Gasteiger partial charge on any atom is 0.253 e. The molecule has 4 nitrogen and oxygen atoms in total. The summed E-state index contributed by atoms with van der Waals surface area (Å²) >= 11 is 0. The molecule has 1 saturated heterocycles. The van der Waals surface area contributed by atoms with Crippen LogP contribution in [0, 0.1) is 0 Å². The first-order valence-electron chi connectivity index (χ1n) is 6.60. The molecule has 0 radical (unpaired) electrons. The third-order valence-corrected chi connectivity index (χ3v) is 3.55. The zero-order chi connectivity index (χ0) is 12.4. The van der Waals surface area contributed by atoms with Gasteiger partial charge in [0, 0.05) is 37.3 Å². The first kappa shape index (κ1) is 11.5. The maximum absolute atomic E-state index is 12.3. The van der Waals surface area contributed by atoms with Gasteiger partial charge < -0.3 is 15.0 Å². The van der Waals surface area contributed by atoms with Gasteiger partial charge in [-0.2, -0.15) is 0 Å². The molecule has 2 aliphatic heterocycles. The normalized spacial score (nSPS) is 19.0. The number of amides is 1. The van der Waals surface area contributed by atoms with E-state index in [0.29, 0.717) is 6.61 Å². The molecule has 2 heterocycles. The van der Waals surface area contributed by atoms with Crippen LogP contribution in [0.25, 0.3) is 0 Å². The van der Waals surface area contributed by atoms with E-state index in [-0.39, 0.29) is 5.91 Å². The number of nitrogens with zero attached hydrogens (tertiary/aromatic N) is 1. The van der Waals surface area contributed by atoms with E-state index in [1.807, 2.05) is 23.1 Å². The minimum Gasteiger partial charge on any atom is -0.492 e. The lowest BCUT2D eigenvalue weighted by Gasteiger charge is -2.16. The molecule has 1 aromatic rings. The van der Waals surface area contributed by atoms with Crippen LogP contribution >= 0.6 is 0 Å². The average Bonchev–Trinajstić information content (AvgIpc) is 2.83. The Morgan fingerprint density at radius 3 is 2.94 bits per heavy atom. The second kappa shape index (κ2) is 4.98. The molecule has 1 N–H and O–H groups in total. The maximum atomic E-state index is 12.3. The van der Waals surface area contributed by atoms with Gasteiger partial charge in [-0.05, 0) is 31.0 Å². The number of fused-ring (bicyclic) bond motifs is 1. The van der Waals surface area contributed by atoms with Gasteiger partial charge in [0.25, 0.3) is 5.91 Å². The minimum absolute atomic E-state index is 0.152. The summed E-state index contributed by atoms with van der Waals surface area (Å²) in [5.41, 5.74) is 1.86. The summed E-state index contributed by atoms with van der Waals surface area (Å²) in [6, 6.07) is 5.77. The molecule has 18 heavy (non-hydrogen) atoms. The van der Waals surface area contributed by atoms with Crippen molar-refractivity contribution in [3.63, 3.8) is 0 Å². The highest BCUT2D eigenvalue weighted by atomic mass is 16.5. The number of ether oxygens (including phenoxy) is 1. The molecule has 0 unspecified atom stereocenters. The van der Waals surface area contributed by atoms with Crippen molar-refractivity contribution in [2.45, 2.75) is 19.4 Å². The standard InChI is InChI=1S/C14H18N2O2/c17-14(16-6-1-2-7-16)11-3-4-13-12(9-11)10-15-5-8-18-13/h3-4,9,15H,1-2,5-8,10H2. The van der Waals surface area contributed by atoms with Crippen LogP contribution in [0.15, 0.2) is 18.2 Å². The Morgan fingerprint density at radius 1 is 1.28 bits per heavy atom. The third-order valence-electron chi connectivity index (χ3n) is 3.55. The van der Waals surface area contributed by atoms with E-state index < -0.39 is 0 Å². The number of nitrogens with one attached hydrogen (secondary N) is 1. The molecule has 1 aromatic carbocycles. The molecule has 1 fully saturated rings. The Bertz CT molecular complexity index is 453. The first-order valence-corrected chi connectivity index (χ1v) is 6.60. The fourth-order valence-corrected chi connectivity index (χ4v) is 2.55. The van der Waals surface area contributed by atoms with Crippen LogP contribution in [0.3, 0.4) is 0 Å². The SMILES string of the molecule is O=C(c1ccc2c(c1)CNCCO2)N1CCCC1. The van der Waals surface area contributed by atoms with Crippen molar-refractivity contribution in [1.82, 2.24) is 10.2 Å². The summed E-state index contributed by atoms with van der Waals surface area (Å²) in [5.74, 6) is 1.05. The highest BCUT2D eigenvalue weighted by Gasteiger charge is 2.20. The molecule has 96 valence electrons. The number of benzene rings is 1. The van der Waals surface area contributed by atoms with E-state index in [1.165, 1.54) is 0 Å².